The van der Waals surface area contributed by atoms with E-state index in [0.717, 1.165) is 0 Å². The predicted octanol–water partition coefficient (Wildman–Crippen LogP) is 3.31. The molecule has 1 saturated heterocycles. The summed E-state index contributed by atoms with van der Waals surface area (Å²) in [6, 6.07) is 12.8. The molecule has 1 atom stereocenters. The smallest absolute Gasteiger partial charge is 0.238 e. The lowest BCUT2D eigenvalue weighted by Crippen LogP contribution is -2.27. The summed E-state index contributed by atoms with van der Waals surface area (Å²) in [5, 5.41) is 9.67. The Morgan fingerprint density at radius 3 is 2.55 bits per heavy atom. The van der Waals surface area contributed by atoms with E-state index in [0.29, 0.717) is 17.0 Å². The lowest BCUT2D eigenvalue weighted by Gasteiger charge is -2.24. The highest BCUT2D eigenvalue weighted by atomic mass is 32.2. The van der Waals surface area contributed by atoms with Crippen molar-refractivity contribution in [3.63, 3.8) is 0 Å². The Labute approximate surface area is 120 Å². The Morgan fingerprint density at radius 2 is 1.85 bits per heavy atom. The molecule has 1 aliphatic rings. The number of carbonyl (C=O) groups is 1. The zero-order chi connectivity index (χ0) is 14.1. The van der Waals surface area contributed by atoms with E-state index in [1.54, 1.807) is 35.2 Å². The van der Waals surface area contributed by atoms with Crippen LogP contribution in [0.5, 0.6) is 5.75 Å². The van der Waals surface area contributed by atoms with Gasteiger partial charge < -0.3 is 5.11 Å². The monoisotopic (exact) mass is 289 g/mol. The van der Waals surface area contributed by atoms with Crippen molar-refractivity contribution in [2.75, 3.05) is 10.7 Å². The largest absolute Gasteiger partial charge is 0.508 e. The average molecular weight is 289 g/mol. The number of hydrogen-bond donors (Lipinski definition) is 1. The van der Waals surface area contributed by atoms with Gasteiger partial charge in [0, 0.05) is 11.3 Å². The zero-order valence-electron chi connectivity index (χ0n) is 10.5. The summed E-state index contributed by atoms with van der Waals surface area (Å²) in [4.78, 5) is 13.7. The summed E-state index contributed by atoms with van der Waals surface area (Å²) in [5.74, 6) is 0.116. The van der Waals surface area contributed by atoms with Gasteiger partial charge in [0.1, 0.15) is 16.9 Å². The third-order valence-corrected chi connectivity index (χ3v) is 4.37. The highest BCUT2D eigenvalue weighted by molar-refractivity contribution is 8.00. The molecule has 1 N–H and O–H groups in total. The van der Waals surface area contributed by atoms with Crippen LogP contribution in [-0.2, 0) is 4.79 Å². The van der Waals surface area contributed by atoms with Crippen molar-refractivity contribution >= 4 is 23.4 Å². The van der Waals surface area contributed by atoms with Crippen LogP contribution in [0.3, 0.4) is 0 Å². The number of nitrogens with zero attached hydrogens (tertiary/aromatic N) is 1. The average Bonchev–Trinajstić information content (AvgIpc) is 2.82. The minimum absolute atomic E-state index is 0.0464. The van der Waals surface area contributed by atoms with Gasteiger partial charge in [-0.1, -0.05) is 18.2 Å². The second-order valence-electron chi connectivity index (χ2n) is 4.46. The second kappa shape index (κ2) is 5.17. The molecule has 0 radical (unpaired) electrons. The molecule has 3 rings (SSSR count). The van der Waals surface area contributed by atoms with Crippen LogP contribution in [0.2, 0.25) is 0 Å². The van der Waals surface area contributed by atoms with Gasteiger partial charge in [0.05, 0.1) is 5.75 Å². The first-order chi connectivity index (χ1) is 9.66. The van der Waals surface area contributed by atoms with Crippen LogP contribution >= 0.6 is 11.8 Å². The number of rotatable bonds is 2. The summed E-state index contributed by atoms with van der Waals surface area (Å²) in [5.41, 5.74) is 1.32. The molecule has 2 aromatic carbocycles. The Bertz CT molecular complexity index is 645. The predicted molar refractivity (Wildman–Crippen MR) is 77.2 cm³/mol. The normalized spacial score (nSPS) is 18.6. The van der Waals surface area contributed by atoms with E-state index in [-0.39, 0.29) is 22.8 Å². The number of anilines is 1. The van der Waals surface area contributed by atoms with Crippen molar-refractivity contribution in [2.45, 2.75) is 5.37 Å². The molecule has 0 spiro atoms. The van der Waals surface area contributed by atoms with Crippen molar-refractivity contribution in [1.29, 1.82) is 0 Å². The molecular formula is C15H12FNO2S. The number of phenols is 1. The van der Waals surface area contributed by atoms with Crippen LogP contribution in [0.1, 0.15) is 10.9 Å². The molecule has 20 heavy (non-hydrogen) atoms. The van der Waals surface area contributed by atoms with Gasteiger partial charge in [0.15, 0.2) is 0 Å². The molecular weight excluding hydrogens is 277 g/mol. The van der Waals surface area contributed by atoms with E-state index in [4.69, 9.17) is 0 Å². The number of para-hydroxylation sites is 1. The number of hydrogen-bond acceptors (Lipinski definition) is 3. The molecule has 102 valence electrons. The number of amides is 1. The Balaban J connectivity index is 2.01. The molecule has 0 saturated carbocycles. The first kappa shape index (κ1) is 13.0. The van der Waals surface area contributed by atoms with E-state index < -0.39 is 0 Å². The van der Waals surface area contributed by atoms with Crippen molar-refractivity contribution in [3.05, 3.63) is 59.9 Å². The van der Waals surface area contributed by atoms with Crippen molar-refractivity contribution in [2.24, 2.45) is 0 Å². The van der Waals surface area contributed by atoms with Crippen LogP contribution in [0, 0.1) is 5.82 Å². The topological polar surface area (TPSA) is 40.5 Å². The minimum atomic E-state index is -0.341. The minimum Gasteiger partial charge on any atom is -0.508 e. The molecule has 1 aliphatic heterocycles. The first-order valence-electron chi connectivity index (χ1n) is 6.14. The maximum atomic E-state index is 13.0. The lowest BCUT2D eigenvalue weighted by atomic mass is 10.1. The lowest BCUT2D eigenvalue weighted by molar-refractivity contribution is -0.115. The van der Waals surface area contributed by atoms with Crippen molar-refractivity contribution < 1.29 is 14.3 Å². The van der Waals surface area contributed by atoms with Gasteiger partial charge in [0.2, 0.25) is 5.91 Å². The second-order valence-corrected chi connectivity index (χ2v) is 5.53. The molecule has 1 unspecified atom stereocenters. The number of phenolic OH excluding ortho intramolecular Hbond substituents is 1. The summed E-state index contributed by atoms with van der Waals surface area (Å²) < 4.78 is 13.0. The maximum absolute atomic E-state index is 13.0. The van der Waals surface area contributed by atoms with Gasteiger partial charge in [-0.2, -0.15) is 0 Å². The zero-order valence-corrected chi connectivity index (χ0v) is 11.3. The van der Waals surface area contributed by atoms with E-state index in [1.807, 2.05) is 6.07 Å². The standard InChI is InChI=1S/C15H12FNO2S/c16-10-5-7-11(8-6-10)17-14(19)9-20-15(17)12-3-1-2-4-13(12)18/h1-8,15,18H,9H2. The number of halogens is 1. The number of benzene rings is 2. The molecule has 0 bridgehead atoms. The Hall–Kier alpha value is -2.01. The quantitative estimate of drug-likeness (QED) is 0.922. The van der Waals surface area contributed by atoms with Crippen LogP contribution < -0.4 is 4.90 Å². The van der Waals surface area contributed by atoms with Gasteiger partial charge >= 0.3 is 0 Å². The highest BCUT2D eigenvalue weighted by Crippen LogP contribution is 2.44. The fraction of sp³-hybridized carbons (Fsp3) is 0.133. The summed E-state index contributed by atoms with van der Waals surface area (Å²) in [6.07, 6.45) is 0. The van der Waals surface area contributed by atoms with E-state index >= 15 is 0 Å². The van der Waals surface area contributed by atoms with Crippen LogP contribution in [0.25, 0.3) is 0 Å². The number of thioether (sulfide) groups is 1. The summed E-state index contributed by atoms with van der Waals surface area (Å²) >= 11 is 1.45. The summed E-state index contributed by atoms with van der Waals surface area (Å²) in [7, 11) is 0. The maximum Gasteiger partial charge on any atom is 0.238 e. The first-order valence-corrected chi connectivity index (χ1v) is 7.19. The fourth-order valence-electron chi connectivity index (χ4n) is 2.23. The van der Waals surface area contributed by atoms with Gasteiger partial charge in [-0.05, 0) is 30.3 Å². The molecule has 2 aromatic rings. The van der Waals surface area contributed by atoms with Crippen molar-refractivity contribution in [1.82, 2.24) is 0 Å². The SMILES string of the molecule is O=C1CSC(c2ccccc2O)N1c1ccc(F)cc1. The molecule has 0 aliphatic carbocycles. The van der Waals surface area contributed by atoms with E-state index in [1.165, 1.54) is 23.9 Å². The van der Waals surface area contributed by atoms with Crippen LogP contribution in [0.4, 0.5) is 10.1 Å². The third kappa shape index (κ3) is 2.25. The highest BCUT2D eigenvalue weighted by Gasteiger charge is 2.35. The number of carbonyl (C=O) groups excluding carboxylic acids is 1. The van der Waals surface area contributed by atoms with Crippen molar-refractivity contribution in [3.8, 4) is 5.75 Å². The summed E-state index contributed by atoms with van der Waals surface area (Å²) in [6.45, 7) is 0. The van der Waals surface area contributed by atoms with Crippen LogP contribution in [-0.4, -0.2) is 16.8 Å². The molecule has 3 nitrogen and oxygen atoms in total. The van der Waals surface area contributed by atoms with E-state index in [2.05, 4.69) is 0 Å². The Kier molecular flexibility index (Phi) is 3.36. The molecule has 1 heterocycles. The fourth-order valence-corrected chi connectivity index (χ4v) is 3.44. The molecule has 5 heteroatoms. The number of aromatic hydroxyl groups is 1. The van der Waals surface area contributed by atoms with Gasteiger partial charge in [-0.25, -0.2) is 4.39 Å². The van der Waals surface area contributed by atoms with Gasteiger partial charge in [0.25, 0.3) is 0 Å². The molecule has 1 amide bonds. The molecule has 0 aromatic heterocycles. The van der Waals surface area contributed by atoms with E-state index in [9.17, 15) is 14.3 Å². The van der Waals surface area contributed by atoms with Crippen LogP contribution in [0.15, 0.2) is 48.5 Å². The van der Waals surface area contributed by atoms with Gasteiger partial charge in [-0.15, -0.1) is 11.8 Å². The third-order valence-electron chi connectivity index (χ3n) is 3.18. The Morgan fingerprint density at radius 1 is 1.15 bits per heavy atom. The van der Waals surface area contributed by atoms with Gasteiger partial charge in [-0.3, -0.25) is 9.69 Å². The molecule has 1 fully saturated rings.